The van der Waals surface area contributed by atoms with Gasteiger partial charge in [-0.2, -0.15) is 0 Å². The van der Waals surface area contributed by atoms with Crippen molar-refractivity contribution in [3.8, 4) is 11.4 Å². The highest BCUT2D eigenvalue weighted by Crippen LogP contribution is 2.51. The summed E-state index contributed by atoms with van der Waals surface area (Å²) in [5.41, 5.74) is 14.4. The van der Waals surface area contributed by atoms with E-state index in [0.717, 1.165) is 0 Å². The number of para-hydroxylation sites is 3. The topological polar surface area (TPSA) is 9.86 Å². The smallest absolute Gasteiger partial charge is 0.247 e. The molecule has 5 heterocycles. The van der Waals surface area contributed by atoms with Gasteiger partial charge in [-0.3, -0.25) is 0 Å². The molecule has 0 amide bonds. The number of benzene rings is 8. The van der Waals surface area contributed by atoms with Gasteiger partial charge >= 0.3 is 0 Å². The fraction of sp³-hybridized carbons (Fsp3) is 0.0400. The third kappa shape index (κ3) is 4.16. The molecule has 0 spiro atoms. The van der Waals surface area contributed by atoms with Crippen LogP contribution in [0.2, 0.25) is 0 Å². The van der Waals surface area contributed by atoms with Crippen molar-refractivity contribution in [2.24, 2.45) is 0 Å². The molecule has 2 aliphatic rings. The van der Waals surface area contributed by atoms with Crippen LogP contribution >= 0.6 is 34.9 Å². The van der Waals surface area contributed by atoms with Gasteiger partial charge in [-0.1, -0.05) is 143 Å². The molecule has 0 aliphatic carbocycles. The van der Waals surface area contributed by atoms with E-state index in [2.05, 4.69) is 175 Å². The monoisotopic (exact) mass is 766 g/mol. The molecule has 0 N–H and O–H groups in total. The first-order chi connectivity index (χ1) is 27.6. The molecule has 262 valence electrons. The quantitative estimate of drug-likeness (QED) is 0.162. The Hall–Kier alpha value is -5.66. The van der Waals surface area contributed by atoms with Gasteiger partial charge in [0.25, 0.3) is 0 Å². The van der Waals surface area contributed by atoms with E-state index in [1.54, 1.807) is 0 Å². The van der Waals surface area contributed by atoms with E-state index in [1.807, 2.05) is 34.9 Å². The largest absolute Gasteiger partial charge is 0.308 e. The Bertz CT molecular complexity index is 3440. The van der Waals surface area contributed by atoms with Crippen LogP contribution in [0.25, 0.3) is 75.2 Å². The maximum absolute atomic E-state index is 2.61. The van der Waals surface area contributed by atoms with E-state index in [0.29, 0.717) is 0 Å². The fourth-order valence-corrected chi connectivity index (χ4v) is 13.5. The van der Waals surface area contributed by atoms with Gasteiger partial charge in [0.05, 0.1) is 22.1 Å². The lowest BCUT2D eigenvalue weighted by Gasteiger charge is -2.33. The first kappa shape index (κ1) is 31.5. The van der Waals surface area contributed by atoms with E-state index in [-0.39, 0.29) is 6.71 Å². The van der Waals surface area contributed by atoms with Gasteiger partial charge in [0, 0.05) is 72.7 Å². The highest BCUT2D eigenvalue weighted by atomic mass is 32.2. The summed E-state index contributed by atoms with van der Waals surface area (Å²) in [5, 5.41) is 7.86. The lowest BCUT2D eigenvalue weighted by atomic mass is 9.36. The van der Waals surface area contributed by atoms with Gasteiger partial charge in [0.2, 0.25) is 6.71 Å². The molecule has 0 atom stereocenters. The number of nitrogens with zero attached hydrogens (tertiary/aromatic N) is 2. The zero-order valence-corrected chi connectivity index (χ0v) is 33.1. The minimum absolute atomic E-state index is 0.216. The van der Waals surface area contributed by atoms with Crippen LogP contribution < -0.4 is 16.4 Å². The van der Waals surface area contributed by atoms with E-state index in [1.165, 1.54) is 122 Å². The molecule has 0 fully saturated rings. The molecule has 2 aliphatic heterocycles. The predicted octanol–water partition coefficient (Wildman–Crippen LogP) is 12.3. The van der Waals surface area contributed by atoms with Gasteiger partial charge in [0.1, 0.15) is 0 Å². The molecule has 56 heavy (non-hydrogen) atoms. The Labute approximate surface area is 336 Å². The summed E-state index contributed by atoms with van der Waals surface area (Å²) in [6, 6.07) is 57.2. The third-order valence-corrected chi connectivity index (χ3v) is 15.6. The zero-order valence-electron chi connectivity index (χ0n) is 30.6. The van der Waals surface area contributed by atoms with Crippen molar-refractivity contribution in [3.05, 3.63) is 163 Å². The lowest BCUT2D eigenvalue weighted by Crippen LogP contribution is -2.58. The number of fused-ring (bicyclic) bond motifs is 16. The van der Waals surface area contributed by atoms with Gasteiger partial charge in [-0.25, -0.2) is 0 Å². The average molecular weight is 767 g/mol. The van der Waals surface area contributed by atoms with Gasteiger partial charge in [0.15, 0.2) is 0 Å². The Kier molecular flexibility index (Phi) is 6.45. The maximum Gasteiger partial charge on any atom is 0.247 e. The Morgan fingerprint density at radius 1 is 0.446 bits per heavy atom. The summed E-state index contributed by atoms with van der Waals surface area (Å²) in [7, 11) is 0. The van der Waals surface area contributed by atoms with Gasteiger partial charge < -0.3 is 9.13 Å². The summed E-state index contributed by atoms with van der Waals surface area (Å²) in [6.07, 6.45) is 0. The second kappa shape index (κ2) is 11.5. The van der Waals surface area contributed by atoms with Crippen molar-refractivity contribution in [2.75, 3.05) is 0 Å². The second-order valence-electron chi connectivity index (χ2n) is 15.4. The van der Waals surface area contributed by atoms with Gasteiger partial charge in [-0.05, 0) is 73.9 Å². The second-order valence-corrected chi connectivity index (χ2v) is 18.6. The van der Waals surface area contributed by atoms with Crippen molar-refractivity contribution >= 4 is 122 Å². The average Bonchev–Trinajstić information content (AvgIpc) is 3.89. The molecule has 0 saturated carbocycles. The molecular formula is C50H31BN2S3. The Morgan fingerprint density at radius 2 is 0.964 bits per heavy atom. The molecule has 2 nitrogen and oxygen atoms in total. The number of hydrogen-bond donors (Lipinski definition) is 0. The Morgan fingerprint density at radius 3 is 1.61 bits per heavy atom. The van der Waals surface area contributed by atoms with Crippen molar-refractivity contribution < 1.29 is 0 Å². The molecule has 0 saturated heterocycles. The molecule has 3 aromatic heterocycles. The van der Waals surface area contributed by atoms with Crippen LogP contribution in [-0.4, -0.2) is 15.8 Å². The SMILES string of the molecule is Cc1ccc2c(c1)B1c3cc(C)ccc3Sc3cc(-n4c5ccccc5c5c6sc7ccccc7c6c6c(c7ccccc7n6-c6ccccc6)c54)cc(c31)S2. The summed E-state index contributed by atoms with van der Waals surface area (Å²) in [4.78, 5) is 5.43. The standard InChI is InChI=1S/C50H31BN2S3/c1-28-20-22-40-35(24-28)51-36-25-29(2)21-23-41(36)55-43-27-31(26-42(54-40)47(43)51)53-38-18-10-7-15-33(38)45-48(53)44-32-14-6-9-17-37(32)52(30-12-4-3-5-13-30)49(44)46-34-16-8-11-19-39(34)56-50(45)46/h3-27H,1-2H3. The van der Waals surface area contributed by atoms with Crippen LogP contribution in [0.4, 0.5) is 0 Å². The molecule has 13 rings (SSSR count). The molecule has 6 heteroatoms. The van der Waals surface area contributed by atoms with E-state index in [9.17, 15) is 0 Å². The minimum Gasteiger partial charge on any atom is -0.308 e. The summed E-state index contributed by atoms with van der Waals surface area (Å²) >= 11 is 5.82. The van der Waals surface area contributed by atoms with Crippen molar-refractivity contribution in [1.82, 2.24) is 9.13 Å². The van der Waals surface area contributed by atoms with Crippen LogP contribution in [0.3, 0.4) is 0 Å². The van der Waals surface area contributed by atoms with Crippen LogP contribution in [0, 0.1) is 13.8 Å². The molecule has 0 unspecified atom stereocenters. The molecule has 11 aromatic rings. The first-order valence-electron chi connectivity index (χ1n) is 19.2. The lowest BCUT2D eigenvalue weighted by molar-refractivity contribution is 1.15. The highest BCUT2D eigenvalue weighted by molar-refractivity contribution is 8.01. The molecule has 8 aromatic carbocycles. The van der Waals surface area contributed by atoms with Crippen LogP contribution in [-0.2, 0) is 0 Å². The normalized spacial score (nSPS) is 13.4. The molecule has 0 bridgehead atoms. The maximum atomic E-state index is 2.61. The number of thiophene rings is 1. The van der Waals surface area contributed by atoms with Crippen LogP contribution in [0.1, 0.15) is 11.1 Å². The highest BCUT2D eigenvalue weighted by Gasteiger charge is 2.39. The number of rotatable bonds is 2. The first-order valence-corrected chi connectivity index (χ1v) is 21.7. The van der Waals surface area contributed by atoms with E-state index >= 15 is 0 Å². The molecule has 0 radical (unpaired) electrons. The van der Waals surface area contributed by atoms with Gasteiger partial charge in [-0.15, -0.1) is 11.3 Å². The van der Waals surface area contributed by atoms with Crippen molar-refractivity contribution in [3.63, 3.8) is 0 Å². The third-order valence-electron chi connectivity index (χ3n) is 12.1. The van der Waals surface area contributed by atoms with E-state index < -0.39 is 0 Å². The zero-order chi connectivity index (χ0) is 36.8. The number of aromatic nitrogens is 2. The fourth-order valence-electron chi connectivity index (χ4n) is 9.85. The summed E-state index contributed by atoms with van der Waals surface area (Å²) in [5.74, 6) is 0. The Balaban J connectivity index is 1.22. The minimum atomic E-state index is 0.216. The summed E-state index contributed by atoms with van der Waals surface area (Å²) < 4.78 is 7.80. The summed E-state index contributed by atoms with van der Waals surface area (Å²) in [6.45, 7) is 4.67. The predicted molar refractivity (Wildman–Crippen MR) is 243 cm³/mol. The number of aryl methyl sites for hydroxylation is 2. The van der Waals surface area contributed by atoms with Crippen molar-refractivity contribution in [1.29, 1.82) is 0 Å². The van der Waals surface area contributed by atoms with Crippen LogP contribution in [0.5, 0.6) is 0 Å². The van der Waals surface area contributed by atoms with Crippen LogP contribution in [0.15, 0.2) is 171 Å². The van der Waals surface area contributed by atoms with Crippen molar-refractivity contribution in [2.45, 2.75) is 33.4 Å². The number of hydrogen-bond acceptors (Lipinski definition) is 3. The van der Waals surface area contributed by atoms with E-state index in [4.69, 9.17) is 0 Å². The molecular weight excluding hydrogens is 736 g/mol.